The average molecular weight is 194 g/mol. The van der Waals surface area contributed by atoms with Crippen LogP contribution in [-0.2, 0) is 5.75 Å². The summed E-state index contributed by atoms with van der Waals surface area (Å²) in [5.41, 5.74) is 7.31. The van der Waals surface area contributed by atoms with Gasteiger partial charge in [0.1, 0.15) is 0 Å². The van der Waals surface area contributed by atoms with Gasteiger partial charge in [-0.1, -0.05) is 6.07 Å². The predicted molar refractivity (Wildman–Crippen MR) is 62.6 cm³/mol. The number of hydrogen-bond acceptors (Lipinski definition) is 1. The van der Waals surface area contributed by atoms with E-state index in [2.05, 4.69) is 40.0 Å². The SMILES string of the molecule is CSCc1c(C)cc(C)c(C)c1C. The summed E-state index contributed by atoms with van der Waals surface area (Å²) >= 11 is 1.90. The van der Waals surface area contributed by atoms with Crippen LogP contribution in [0.1, 0.15) is 27.8 Å². The highest BCUT2D eigenvalue weighted by molar-refractivity contribution is 7.97. The van der Waals surface area contributed by atoms with Gasteiger partial charge < -0.3 is 0 Å². The third kappa shape index (κ3) is 2.08. The Bertz CT molecular complexity index is 313. The van der Waals surface area contributed by atoms with Crippen molar-refractivity contribution >= 4 is 11.8 Å². The number of rotatable bonds is 2. The molecule has 0 spiro atoms. The molecule has 0 N–H and O–H groups in total. The van der Waals surface area contributed by atoms with Gasteiger partial charge in [-0.3, -0.25) is 0 Å². The van der Waals surface area contributed by atoms with Crippen molar-refractivity contribution in [2.24, 2.45) is 0 Å². The van der Waals surface area contributed by atoms with Crippen LogP contribution in [0.2, 0.25) is 0 Å². The maximum Gasteiger partial charge on any atom is 0.0187 e. The van der Waals surface area contributed by atoms with E-state index in [4.69, 9.17) is 0 Å². The molecule has 72 valence electrons. The summed E-state index contributed by atoms with van der Waals surface area (Å²) in [5, 5.41) is 0. The molecule has 0 saturated heterocycles. The topological polar surface area (TPSA) is 0 Å². The zero-order chi connectivity index (χ0) is 10.0. The molecule has 0 saturated carbocycles. The Balaban J connectivity index is 3.26. The average Bonchev–Trinajstić information content (AvgIpc) is 2.09. The number of hydrogen-bond donors (Lipinski definition) is 0. The molecule has 0 aliphatic heterocycles. The highest BCUT2D eigenvalue weighted by atomic mass is 32.2. The molecule has 0 fully saturated rings. The lowest BCUT2D eigenvalue weighted by molar-refractivity contribution is 1.16. The Morgan fingerprint density at radius 3 is 2.15 bits per heavy atom. The largest absolute Gasteiger partial charge is 0.161 e. The second-order valence-corrected chi connectivity index (χ2v) is 4.54. The Morgan fingerprint density at radius 2 is 1.62 bits per heavy atom. The lowest BCUT2D eigenvalue weighted by atomic mass is 9.95. The van der Waals surface area contributed by atoms with Crippen molar-refractivity contribution in [2.75, 3.05) is 6.26 Å². The van der Waals surface area contributed by atoms with Crippen LogP contribution in [0, 0.1) is 27.7 Å². The summed E-state index contributed by atoms with van der Waals surface area (Å²) in [6.45, 7) is 8.86. The standard InChI is InChI=1S/C12H18S/c1-8-6-9(2)12(7-13-5)11(4)10(8)3/h6H,7H2,1-5H3. The smallest absolute Gasteiger partial charge is 0.0187 e. The molecule has 0 atom stereocenters. The van der Waals surface area contributed by atoms with Gasteiger partial charge in [0.05, 0.1) is 0 Å². The zero-order valence-electron chi connectivity index (χ0n) is 9.19. The number of thioether (sulfide) groups is 1. The van der Waals surface area contributed by atoms with E-state index in [-0.39, 0.29) is 0 Å². The van der Waals surface area contributed by atoms with E-state index in [1.165, 1.54) is 27.8 Å². The van der Waals surface area contributed by atoms with Crippen LogP contribution in [0.4, 0.5) is 0 Å². The normalized spacial score (nSPS) is 10.5. The first kappa shape index (κ1) is 10.6. The second-order valence-electron chi connectivity index (χ2n) is 3.67. The van der Waals surface area contributed by atoms with Gasteiger partial charge in [0.15, 0.2) is 0 Å². The van der Waals surface area contributed by atoms with Crippen molar-refractivity contribution in [2.45, 2.75) is 33.4 Å². The van der Waals surface area contributed by atoms with Gasteiger partial charge in [0.25, 0.3) is 0 Å². The van der Waals surface area contributed by atoms with Crippen LogP contribution in [0.15, 0.2) is 6.07 Å². The molecule has 1 heteroatoms. The van der Waals surface area contributed by atoms with E-state index in [1.807, 2.05) is 11.8 Å². The molecule has 1 rings (SSSR count). The third-order valence-corrected chi connectivity index (χ3v) is 3.38. The molecule has 0 aliphatic carbocycles. The fourth-order valence-electron chi connectivity index (χ4n) is 1.70. The van der Waals surface area contributed by atoms with Crippen LogP contribution < -0.4 is 0 Å². The van der Waals surface area contributed by atoms with Gasteiger partial charge in [-0.15, -0.1) is 0 Å². The molecule has 13 heavy (non-hydrogen) atoms. The number of benzene rings is 1. The summed E-state index contributed by atoms with van der Waals surface area (Å²) < 4.78 is 0. The zero-order valence-corrected chi connectivity index (χ0v) is 10.0. The van der Waals surface area contributed by atoms with Crippen LogP contribution >= 0.6 is 11.8 Å². The fourth-order valence-corrected chi connectivity index (χ4v) is 2.44. The molecule has 0 heterocycles. The molecular formula is C12H18S. The summed E-state index contributed by atoms with van der Waals surface area (Å²) in [5.74, 6) is 1.14. The summed E-state index contributed by atoms with van der Waals surface area (Å²) in [6, 6.07) is 2.30. The molecular weight excluding hydrogens is 176 g/mol. The van der Waals surface area contributed by atoms with Crippen molar-refractivity contribution < 1.29 is 0 Å². The molecule has 1 aromatic carbocycles. The second kappa shape index (κ2) is 4.19. The van der Waals surface area contributed by atoms with Crippen LogP contribution in [0.5, 0.6) is 0 Å². The third-order valence-electron chi connectivity index (χ3n) is 2.80. The van der Waals surface area contributed by atoms with Crippen LogP contribution in [-0.4, -0.2) is 6.26 Å². The minimum atomic E-state index is 1.14. The lowest BCUT2D eigenvalue weighted by Gasteiger charge is -2.13. The Morgan fingerprint density at radius 1 is 1.00 bits per heavy atom. The Kier molecular flexibility index (Phi) is 3.43. The summed E-state index contributed by atoms with van der Waals surface area (Å²) in [6.07, 6.45) is 2.16. The monoisotopic (exact) mass is 194 g/mol. The van der Waals surface area contributed by atoms with Crippen molar-refractivity contribution in [1.29, 1.82) is 0 Å². The molecule has 0 bridgehead atoms. The molecule has 0 unspecified atom stereocenters. The quantitative estimate of drug-likeness (QED) is 0.690. The predicted octanol–water partition coefficient (Wildman–Crippen LogP) is 3.78. The van der Waals surface area contributed by atoms with E-state index in [9.17, 15) is 0 Å². The Hall–Kier alpha value is -0.430. The van der Waals surface area contributed by atoms with Gasteiger partial charge >= 0.3 is 0 Å². The van der Waals surface area contributed by atoms with E-state index in [0.717, 1.165) is 5.75 Å². The molecule has 0 amide bonds. The van der Waals surface area contributed by atoms with E-state index >= 15 is 0 Å². The Labute approximate surface area is 85.7 Å². The van der Waals surface area contributed by atoms with Gasteiger partial charge in [-0.05, 0) is 61.8 Å². The van der Waals surface area contributed by atoms with Gasteiger partial charge in [-0.25, -0.2) is 0 Å². The fraction of sp³-hybridized carbons (Fsp3) is 0.500. The molecule has 0 aliphatic rings. The van der Waals surface area contributed by atoms with E-state index in [0.29, 0.717) is 0 Å². The number of aryl methyl sites for hydroxylation is 2. The van der Waals surface area contributed by atoms with E-state index in [1.54, 1.807) is 0 Å². The van der Waals surface area contributed by atoms with E-state index < -0.39 is 0 Å². The van der Waals surface area contributed by atoms with Crippen LogP contribution in [0.3, 0.4) is 0 Å². The first-order valence-corrected chi connectivity index (χ1v) is 6.02. The van der Waals surface area contributed by atoms with Gasteiger partial charge in [0, 0.05) is 5.75 Å². The summed E-state index contributed by atoms with van der Waals surface area (Å²) in [7, 11) is 0. The van der Waals surface area contributed by atoms with Crippen LogP contribution in [0.25, 0.3) is 0 Å². The first-order chi connectivity index (χ1) is 6.07. The van der Waals surface area contributed by atoms with Crippen molar-refractivity contribution in [3.63, 3.8) is 0 Å². The van der Waals surface area contributed by atoms with Crippen molar-refractivity contribution in [3.8, 4) is 0 Å². The van der Waals surface area contributed by atoms with Gasteiger partial charge in [0.2, 0.25) is 0 Å². The molecule has 0 aromatic heterocycles. The maximum absolute atomic E-state index is 2.30. The minimum Gasteiger partial charge on any atom is -0.161 e. The van der Waals surface area contributed by atoms with Crippen molar-refractivity contribution in [1.82, 2.24) is 0 Å². The summed E-state index contributed by atoms with van der Waals surface area (Å²) in [4.78, 5) is 0. The maximum atomic E-state index is 2.30. The first-order valence-electron chi connectivity index (χ1n) is 4.63. The van der Waals surface area contributed by atoms with Crippen molar-refractivity contribution in [3.05, 3.63) is 33.9 Å². The molecule has 1 aromatic rings. The molecule has 0 radical (unpaired) electrons. The highest BCUT2D eigenvalue weighted by Crippen LogP contribution is 2.24. The minimum absolute atomic E-state index is 1.14. The highest BCUT2D eigenvalue weighted by Gasteiger charge is 2.06. The lowest BCUT2D eigenvalue weighted by Crippen LogP contribution is -1.97. The van der Waals surface area contributed by atoms with Gasteiger partial charge in [-0.2, -0.15) is 11.8 Å². The molecule has 0 nitrogen and oxygen atoms in total.